The lowest BCUT2D eigenvalue weighted by atomic mass is 10.1. The summed E-state index contributed by atoms with van der Waals surface area (Å²) in [4.78, 5) is 24.3. The van der Waals surface area contributed by atoms with Crippen molar-refractivity contribution < 1.29 is 23.8 Å². The number of hydrogen-bond acceptors (Lipinski definition) is 6. The van der Waals surface area contributed by atoms with E-state index < -0.39 is 0 Å². The molecule has 8 heteroatoms. The van der Waals surface area contributed by atoms with E-state index in [0.717, 1.165) is 11.3 Å². The number of carbonyl (C=O) groups excluding carboxylic acids is 2. The third-order valence-corrected chi connectivity index (χ3v) is 4.42. The van der Waals surface area contributed by atoms with Gasteiger partial charge in [0.15, 0.2) is 11.5 Å². The molecule has 0 spiro atoms. The number of ether oxygens (including phenoxy) is 3. The second-order valence-electron chi connectivity index (χ2n) is 6.99. The molecule has 0 heterocycles. The minimum Gasteiger partial charge on any atom is -0.493 e. The van der Waals surface area contributed by atoms with Crippen molar-refractivity contribution in [3.63, 3.8) is 0 Å². The predicted octanol–water partition coefficient (Wildman–Crippen LogP) is 3.67. The third-order valence-electron chi connectivity index (χ3n) is 4.42. The summed E-state index contributed by atoms with van der Waals surface area (Å²) in [5.74, 6) is 0.915. The summed E-state index contributed by atoms with van der Waals surface area (Å²) in [6, 6.07) is 8.84. The first-order chi connectivity index (χ1) is 14.3. The molecular weight excluding hydrogens is 386 g/mol. The molecule has 2 amide bonds. The molecule has 162 valence electrons. The molecule has 30 heavy (non-hydrogen) atoms. The normalized spacial score (nSPS) is 10.4. The Bertz CT molecular complexity index is 887. The summed E-state index contributed by atoms with van der Waals surface area (Å²) in [6.07, 6.45) is 0. The van der Waals surface area contributed by atoms with Crippen LogP contribution in [0.1, 0.15) is 19.4 Å². The molecule has 2 aromatic carbocycles. The molecule has 0 saturated carbocycles. The van der Waals surface area contributed by atoms with Crippen LogP contribution < -0.4 is 30.2 Å². The van der Waals surface area contributed by atoms with Crippen LogP contribution in [0.25, 0.3) is 0 Å². The number of rotatable bonds is 9. The quantitative estimate of drug-likeness (QED) is 0.578. The van der Waals surface area contributed by atoms with Crippen LogP contribution >= 0.6 is 0 Å². The fraction of sp³-hybridized carbons (Fsp3) is 0.364. The van der Waals surface area contributed by atoms with Gasteiger partial charge in [0.2, 0.25) is 17.6 Å². The standard InChI is InChI=1S/C22H29N3O5/c1-13(2)22(27)25-15-8-7-14(3)17(9-15)23-12-20(26)24-16-10-18(28-4)21(30-6)19(11-16)29-5/h7-11,13,23H,12H2,1-6H3,(H,24,26)(H,25,27). The summed E-state index contributed by atoms with van der Waals surface area (Å²) in [5.41, 5.74) is 2.91. The fourth-order valence-electron chi connectivity index (χ4n) is 2.71. The van der Waals surface area contributed by atoms with Gasteiger partial charge in [0.25, 0.3) is 0 Å². The highest BCUT2D eigenvalue weighted by Gasteiger charge is 2.15. The van der Waals surface area contributed by atoms with Gasteiger partial charge in [-0.3, -0.25) is 9.59 Å². The number of carbonyl (C=O) groups is 2. The Morgan fingerprint density at radius 1 is 0.900 bits per heavy atom. The van der Waals surface area contributed by atoms with Gasteiger partial charge in [-0.05, 0) is 24.6 Å². The maximum atomic E-state index is 12.4. The van der Waals surface area contributed by atoms with Crippen molar-refractivity contribution in [1.82, 2.24) is 0 Å². The Hall–Kier alpha value is -3.42. The maximum Gasteiger partial charge on any atom is 0.243 e. The van der Waals surface area contributed by atoms with Crippen molar-refractivity contribution in [2.75, 3.05) is 43.8 Å². The lowest BCUT2D eigenvalue weighted by Gasteiger charge is -2.15. The van der Waals surface area contributed by atoms with Crippen LogP contribution in [0, 0.1) is 12.8 Å². The first-order valence-corrected chi connectivity index (χ1v) is 9.54. The van der Waals surface area contributed by atoms with Crippen molar-refractivity contribution in [3.05, 3.63) is 35.9 Å². The highest BCUT2D eigenvalue weighted by molar-refractivity contribution is 5.95. The number of methoxy groups -OCH3 is 3. The summed E-state index contributed by atoms with van der Waals surface area (Å²) in [5, 5.41) is 8.77. The largest absolute Gasteiger partial charge is 0.493 e. The van der Waals surface area contributed by atoms with Gasteiger partial charge in [-0.15, -0.1) is 0 Å². The molecule has 0 unspecified atom stereocenters. The van der Waals surface area contributed by atoms with Crippen LogP contribution in [0.15, 0.2) is 30.3 Å². The second-order valence-corrected chi connectivity index (χ2v) is 6.99. The van der Waals surface area contributed by atoms with Crippen LogP contribution in [0.5, 0.6) is 17.2 Å². The van der Waals surface area contributed by atoms with Gasteiger partial charge in [0.1, 0.15) is 0 Å². The molecule has 0 aliphatic heterocycles. The molecule has 0 saturated heterocycles. The molecule has 0 radical (unpaired) electrons. The van der Waals surface area contributed by atoms with E-state index in [4.69, 9.17) is 14.2 Å². The number of amides is 2. The van der Waals surface area contributed by atoms with Crippen LogP contribution in [0.3, 0.4) is 0 Å². The second kappa shape index (κ2) is 10.4. The average molecular weight is 415 g/mol. The first kappa shape index (κ1) is 22.9. The highest BCUT2D eigenvalue weighted by atomic mass is 16.5. The first-order valence-electron chi connectivity index (χ1n) is 9.54. The van der Waals surface area contributed by atoms with E-state index in [0.29, 0.717) is 28.6 Å². The Labute approximate surface area is 176 Å². The van der Waals surface area contributed by atoms with E-state index in [2.05, 4.69) is 16.0 Å². The topological polar surface area (TPSA) is 97.9 Å². The average Bonchev–Trinajstić information content (AvgIpc) is 2.73. The SMILES string of the molecule is COc1cc(NC(=O)CNc2cc(NC(=O)C(C)C)ccc2C)cc(OC)c1OC. The molecule has 8 nitrogen and oxygen atoms in total. The van der Waals surface area contributed by atoms with Gasteiger partial charge in [0, 0.05) is 35.1 Å². The minimum atomic E-state index is -0.250. The molecule has 0 bridgehead atoms. The fourth-order valence-corrected chi connectivity index (χ4v) is 2.71. The van der Waals surface area contributed by atoms with Gasteiger partial charge in [-0.1, -0.05) is 19.9 Å². The van der Waals surface area contributed by atoms with Crippen LogP contribution in [-0.2, 0) is 9.59 Å². The van der Waals surface area contributed by atoms with E-state index in [9.17, 15) is 9.59 Å². The summed E-state index contributed by atoms with van der Waals surface area (Å²) < 4.78 is 15.9. The molecule has 0 atom stereocenters. The van der Waals surface area contributed by atoms with Gasteiger partial charge >= 0.3 is 0 Å². The van der Waals surface area contributed by atoms with Gasteiger partial charge < -0.3 is 30.2 Å². The lowest BCUT2D eigenvalue weighted by Crippen LogP contribution is -2.22. The van der Waals surface area contributed by atoms with Gasteiger partial charge in [-0.2, -0.15) is 0 Å². The van der Waals surface area contributed by atoms with Gasteiger partial charge in [-0.25, -0.2) is 0 Å². The van der Waals surface area contributed by atoms with E-state index in [1.54, 1.807) is 12.1 Å². The Kier molecular flexibility index (Phi) is 7.91. The van der Waals surface area contributed by atoms with Crippen LogP contribution in [0.2, 0.25) is 0 Å². The summed E-state index contributed by atoms with van der Waals surface area (Å²) >= 11 is 0. The lowest BCUT2D eigenvalue weighted by molar-refractivity contribution is -0.119. The van der Waals surface area contributed by atoms with E-state index in [1.807, 2.05) is 39.0 Å². The zero-order chi connectivity index (χ0) is 22.3. The molecule has 3 N–H and O–H groups in total. The molecule has 2 rings (SSSR count). The number of anilines is 3. The molecular formula is C22H29N3O5. The zero-order valence-electron chi connectivity index (χ0n) is 18.2. The number of hydrogen-bond donors (Lipinski definition) is 3. The van der Waals surface area contributed by atoms with E-state index in [1.165, 1.54) is 21.3 Å². The Morgan fingerprint density at radius 3 is 2.07 bits per heavy atom. The zero-order valence-corrected chi connectivity index (χ0v) is 18.2. The number of nitrogens with one attached hydrogen (secondary N) is 3. The van der Waals surface area contributed by atoms with E-state index in [-0.39, 0.29) is 24.3 Å². The van der Waals surface area contributed by atoms with Crippen molar-refractivity contribution >= 4 is 28.9 Å². The smallest absolute Gasteiger partial charge is 0.243 e. The molecule has 2 aromatic rings. The Balaban J connectivity index is 2.07. The summed E-state index contributed by atoms with van der Waals surface area (Å²) in [7, 11) is 4.54. The molecule has 0 aromatic heterocycles. The van der Waals surface area contributed by atoms with E-state index >= 15 is 0 Å². The number of benzene rings is 2. The molecule has 0 fully saturated rings. The van der Waals surface area contributed by atoms with Crippen molar-refractivity contribution in [2.45, 2.75) is 20.8 Å². The van der Waals surface area contributed by atoms with Crippen molar-refractivity contribution in [2.24, 2.45) is 5.92 Å². The van der Waals surface area contributed by atoms with Crippen LogP contribution in [0.4, 0.5) is 17.1 Å². The van der Waals surface area contributed by atoms with Crippen molar-refractivity contribution in [1.29, 1.82) is 0 Å². The maximum absolute atomic E-state index is 12.4. The summed E-state index contributed by atoms with van der Waals surface area (Å²) in [6.45, 7) is 5.62. The monoisotopic (exact) mass is 415 g/mol. The Morgan fingerprint density at radius 2 is 1.53 bits per heavy atom. The number of aryl methyl sites for hydroxylation is 1. The third kappa shape index (κ3) is 5.79. The predicted molar refractivity (Wildman–Crippen MR) is 118 cm³/mol. The molecule has 0 aliphatic rings. The van der Waals surface area contributed by atoms with Crippen LogP contribution in [-0.4, -0.2) is 39.7 Å². The van der Waals surface area contributed by atoms with Gasteiger partial charge in [0.05, 0.1) is 27.9 Å². The minimum absolute atomic E-state index is 0.0408. The van der Waals surface area contributed by atoms with Crippen molar-refractivity contribution in [3.8, 4) is 17.2 Å². The highest BCUT2D eigenvalue weighted by Crippen LogP contribution is 2.39. The molecule has 0 aliphatic carbocycles.